The fraction of sp³-hybridized carbons (Fsp3) is 0.429. The van der Waals surface area contributed by atoms with Gasteiger partial charge in [-0.3, -0.25) is 0 Å². The third kappa shape index (κ3) is 3.55. The summed E-state index contributed by atoms with van der Waals surface area (Å²) in [6.45, 7) is 4.64. The van der Waals surface area contributed by atoms with E-state index in [2.05, 4.69) is 10.1 Å². The molecule has 108 valence electrons. The predicted octanol–water partition coefficient (Wildman–Crippen LogP) is 0.794. The second kappa shape index (κ2) is 6.49. The molecule has 2 aromatic rings. The first-order chi connectivity index (χ1) is 9.60. The van der Waals surface area contributed by atoms with Crippen molar-refractivity contribution in [2.45, 2.75) is 33.0 Å². The van der Waals surface area contributed by atoms with Crippen molar-refractivity contribution in [2.75, 3.05) is 6.61 Å². The molecule has 0 saturated carbocycles. The van der Waals surface area contributed by atoms with Crippen LogP contribution in [0.5, 0.6) is 5.75 Å². The largest absolute Gasteiger partial charge is 0.490 e. The third-order valence-electron chi connectivity index (χ3n) is 2.97. The third-order valence-corrected chi connectivity index (χ3v) is 2.97. The van der Waals surface area contributed by atoms with Gasteiger partial charge in [-0.25, -0.2) is 9.67 Å². The summed E-state index contributed by atoms with van der Waals surface area (Å²) >= 11 is 0. The van der Waals surface area contributed by atoms with Crippen LogP contribution in [0.3, 0.4) is 0 Å². The van der Waals surface area contributed by atoms with Gasteiger partial charge in [0.05, 0.1) is 6.54 Å². The molecule has 0 bridgehead atoms. The van der Waals surface area contributed by atoms with Crippen molar-refractivity contribution < 1.29 is 9.84 Å². The standard InChI is InChI=1S/C14H20N4O2/c1-10-16-11(2)18(17-10)8-13(19)9-20-14-6-4-3-5-12(14)7-15/h3-6,13,19H,7-9,15H2,1-2H3. The molecule has 6 heteroatoms. The SMILES string of the molecule is Cc1nc(C)n(CC(O)COc2ccccc2CN)n1. The molecule has 6 nitrogen and oxygen atoms in total. The van der Waals surface area contributed by atoms with Crippen molar-refractivity contribution in [1.29, 1.82) is 0 Å². The van der Waals surface area contributed by atoms with Gasteiger partial charge in [0, 0.05) is 12.1 Å². The van der Waals surface area contributed by atoms with E-state index in [0.29, 0.717) is 24.7 Å². The van der Waals surface area contributed by atoms with Gasteiger partial charge in [0.15, 0.2) is 0 Å². The number of aliphatic hydroxyl groups excluding tert-OH is 1. The van der Waals surface area contributed by atoms with E-state index in [9.17, 15) is 5.11 Å². The molecule has 1 heterocycles. The Bertz CT molecular complexity index is 568. The smallest absolute Gasteiger partial charge is 0.147 e. The lowest BCUT2D eigenvalue weighted by molar-refractivity contribution is 0.0881. The first-order valence-electron chi connectivity index (χ1n) is 6.57. The van der Waals surface area contributed by atoms with Crippen LogP contribution in [0.1, 0.15) is 17.2 Å². The van der Waals surface area contributed by atoms with Crippen LogP contribution in [-0.2, 0) is 13.1 Å². The Morgan fingerprint density at radius 3 is 2.75 bits per heavy atom. The maximum absolute atomic E-state index is 10.0. The zero-order valence-corrected chi connectivity index (χ0v) is 11.8. The lowest BCUT2D eigenvalue weighted by Gasteiger charge is -2.14. The molecule has 20 heavy (non-hydrogen) atoms. The number of rotatable bonds is 6. The molecule has 3 N–H and O–H groups in total. The highest BCUT2D eigenvalue weighted by Gasteiger charge is 2.11. The molecule has 0 aliphatic carbocycles. The second-order valence-corrected chi connectivity index (χ2v) is 4.67. The van der Waals surface area contributed by atoms with E-state index in [1.54, 1.807) is 4.68 Å². The molecule has 0 amide bonds. The van der Waals surface area contributed by atoms with Crippen molar-refractivity contribution >= 4 is 0 Å². The summed E-state index contributed by atoms with van der Waals surface area (Å²) in [7, 11) is 0. The van der Waals surface area contributed by atoms with E-state index in [1.807, 2.05) is 38.1 Å². The molecule has 0 radical (unpaired) electrons. The molecule has 1 atom stereocenters. The van der Waals surface area contributed by atoms with Gasteiger partial charge in [-0.2, -0.15) is 5.10 Å². The lowest BCUT2D eigenvalue weighted by atomic mass is 10.2. The van der Waals surface area contributed by atoms with Gasteiger partial charge in [-0.15, -0.1) is 0 Å². The van der Waals surface area contributed by atoms with Crippen molar-refractivity contribution in [3.63, 3.8) is 0 Å². The number of nitrogens with zero attached hydrogens (tertiary/aromatic N) is 3. The van der Waals surface area contributed by atoms with Gasteiger partial charge in [0.2, 0.25) is 0 Å². The summed E-state index contributed by atoms with van der Waals surface area (Å²) in [4.78, 5) is 4.19. The molecule has 0 saturated heterocycles. The monoisotopic (exact) mass is 276 g/mol. The van der Waals surface area contributed by atoms with Gasteiger partial charge in [-0.05, 0) is 19.9 Å². The molecular weight excluding hydrogens is 256 g/mol. The second-order valence-electron chi connectivity index (χ2n) is 4.67. The minimum atomic E-state index is -0.652. The summed E-state index contributed by atoms with van der Waals surface area (Å²) in [5, 5.41) is 14.2. The molecule has 1 aromatic heterocycles. The molecule has 1 unspecified atom stereocenters. The fourth-order valence-corrected chi connectivity index (χ4v) is 1.99. The number of aliphatic hydroxyl groups is 1. The number of hydrogen-bond donors (Lipinski definition) is 2. The van der Waals surface area contributed by atoms with Crippen LogP contribution in [0.15, 0.2) is 24.3 Å². The summed E-state index contributed by atoms with van der Waals surface area (Å²) in [6, 6.07) is 7.55. The van der Waals surface area contributed by atoms with Crippen LogP contribution in [-0.4, -0.2) is 32.6 Å². The number of aromatic nitrogens is 3. The molecular formula is C14H20N4O2. The minimum Gasteiger partial charge on any atom is -0.490 e. The fourth-order valence-electron chi connectivity index (χ4n) is 1.99. The van der Waals surface area contributed by atoms with Crippen LogP contribution in [0.25, 0.3) is 0 Å². The Kier molecular flexibility index (Phi) is 4.70. The number of ether oxygens (including phenoxy) is 1. The van der Waals surface area contributed by atoms with E-state index in [1.165, 1.54) is 0 Å². The lowest BCUT2D eigenvalue weighted by Crippen LogP contribution is -2.25. The predicted molar refractivity (Wildman–Crippen MR) is 75.3 cm³/mol. The van der Waals surface area contributed by atoms with Crippen LogP contribution in [0.4, 0.5) is 0 Å². The summed E-state index contributed by atoms with van der Waals surface area (Å²) in [5.74, 6) is 2.19. The number of hydrogen-bond acceptors (Lipinski definition) is 5. The van der Waals surface area contributed by atoms with E-state index in [4.69, 9.17) is 10.5 Å². The van der Waals surface area contributed by atoms with Gasteiger partial charge in [0.1, 0.15) is 30.1 Å². The topological polar surface area (TPSA) is 86.2 Å². The van der Waals surface area contributed by atoms with Crippen LogP contribution < -0.4 is 10.5 Å². The van der Waals surface area contributed by atoms with Crippen LogP contribution >= 0.6 is 0 Å². The summed E-state index contributed by atoms with van der Waals surface area (Å²) in [6.07, 6.45) is -0.652. The highest BCUT2D eigenvalue weighted by Crippen LogP contribution is 2.17. The van der Waals surface area contributed by atoms with Crippen molar-refractivity contribution in [1.82, 2.24) is 14.8 Å². The minimum absolute atomic E-state index is 0.190. The van der Waals surface area contributed by atoms with E-state index < -0.39 is 6.10 Å². The quantitative estimate of drug-likeness (QED) is 0.814. The van der Waals surface area contributed by atoms with E-state index >= 15 is 0 Å². The van der Waals surface area contributed by atoms with Crippen molar-refractivity contribution in [3.05, 3.63) is 41.5 Å². The number of aryl methyl sites for hydroxylation is 2. The highest BCUT2D eigenvalue weighted by atomic mass is 16.5. The Labute approximate surface area is 118 Å². The Balaban J connectivity index is 1.92. The first kappa shape index (κ1) is 14.5. The maximum Gasteiger partial charge on any atom is 0.147 e. The average Bonchev–Trinajstić information content (AvgIpc) is 2.75. The molecule has 0 spiro atoms. The number of nitrogens with two attached hydrogens (primary N) is 1. The Morgan fingerprint density at radius 2 is 2.10 bits per heavy atom. The zero-order chi connectivity index (χ0) is 14.5. The highest BCUT2D eigenvalue weighted by molar-refractivity contribution is 5.32. The van der Waals surface area contributed by atoms with Gasteiger partial charge < -0.3 is 15.6 Å². The Morgan fingerprint density at radius 1 is 1.35 bits per heavy atom. The average molecular weight is 276 g/mol. The van der Waals surface area contributed by atoms with E-state index in [-0.39, 0.29) is 6.61 Å². The molecule has 0 fully saturated rings. The van der Waals surface area contributed by atoms with Gasteiger partial charge >= 0.3 is 0 Å². The van der Waals surface area contributed by atoms with Gasteiger partial charge in [-0.1, -0.05) is 18.2 Å². The first-order valence-corrected chi connectivity index (χ1v) is 6.57. The normalized spacial score (nSPS) is 12.4. The van der Waals surface area contributed by atoms with Crippen molar-refractivity contribution in [3.8, 4) is 5.75 Å². The molecule has 0 aliphatic heterocycles. The number of para-hydroxylation sites is 1. The maximum atomic E-state index is 10.0. The van der Waals surface area contributed by atoms with E-state index in [0.717, 1.165) is 11.4 Å². The van der Waals surface area contributed by atoms with Crippen molar-refractivity contribution in [2.24, 2.45) is 5.73 Å². The molecule has 1 aromatic carbocycles. The Hall–Kier alpha value is -1.92. The zero-order valence-electron chi connectivity index (χ0n) is 11.8. The summed E-state index contributed by atoms with van der Waals surface area (Å²) < 4.78 is 7.30. The molecule has 0 aliphatic rings. The van der Waals surface area contributed by atoms with Crippen LogP contribution in [0.2, 0.25) is 0 Å². The summed E-state index contributed by atoms with van der Waals surface area (Å²) in [5.41, 5.74) is 6.56. The molecule has 2 rings (SSSR count). The van der Waals surface area contributed by atoms with Gasteiger partial charge in [0.25, 0.3) is 0 Å². The van der Waals surface area contributed by atoms with Crippen LogP contribution in [0, 0.1) is 13.8 Å². The number of benzene rings is 1.